The molecular formula is C22H27N5O2S2. The highest BCUT2D eigenvalue weighted by atomic mass is 32.2. The summed E-state index contributed by atoms with van der Waals surface area (Å²) in [4.78, 5) is 11.3. The maximum atomic E-state index is 11.4. The van der Waals surface area contributed by atoms with Crippen molar-refractivity contribution in [3.05, 3.63) is 53.5 Å². The standard InChI is InChI=1S/C22H27N5O2S2/c23-31(28,29)19-9-6-17(7-10-19)26-22-25-13-12-20(27-22)21-11-8-18(30-21)15-24-14-16-4-2-1-3-5-16/h6-13,16,24H,1-5,14-15H2,(H2,23,28,29)(H,25,26,27). The summed E-state index contributed by atoms with van der Waals surface area (Å²) >= 11 is 1.73. The third-order valence-electron chi connectivity index (χ3n) is 5.47. The lowest BCUT2D eigenvalue weighted by Crippen LogP contribution is -2.23. The molecule has 0 bridgehead atoms. The smallest absolute Gasteiger partial charge is 0.238 e. The van der Waals surface area contributed by atoms with Crippen LogP contribution in [0.4, 0.5) is 11.6 Å². The maximum absolute atomic E-state index is 11.4. The van der Waals surface area contributed by atoms with E-state index in [2.05, 4.69) is 32.7 Å². The van der Waals surface area contributed by atoms with E-state index in [0.29, 0.717) is 11.6 Å². The van der Waals surface area contributed by atoms with Crippen molar-refractivity contribution in [3.8, 4) is 10.6 Å². The topological polar surface area (TPSA) is 110 Å². The van der Waals surface area contributed by atoms with Crippen LogP contribution in [0.2, 0.25) is 0 Å². The Bertz CT molecular complexity index is 1110. The van der Waals surface area contributed by atoms with Crippen molar-refractivity contribution in [3.63, 3.8) is 0 Å². The molecule has 2 heterocycles. The lowest BCUT2D eigenvalue weighted by atomic mass is 9.89. The Kier molecular flexibility index (Phi) is 6.96. The fourth-order valence-corrected chi connectivity index (χ4v) is 5.28. The van der Waals surface area contributed by atoms with Gasteiger partial charge in [0.25, 0.3) is 0 Å². The van der Waals surface area contributed by atoms with Crippen LogP contribution in [0.1, 0.15) is 37.0 Å². The molecule has 1 aliphatic carbocycles. The lowest BCUT2D eigenvalue weighted by molar-refractivity contribution is 0.342. The zero-order valence-corrected chi connectivity index (χ0v) is 18.9. The van der Waals surface area contributed by atoms with Gasteiger partial charge in [-0.1, -0.05) is 19.3 Å². The monoisotopic (exact) mass is 457 g/mol. The molecule has 0 saturated heterocycles. The van der Waals surface area contributed by atoms with Crippen LogP contribution >= 0.6 is 11.3 Å². The molecule has 1 fully saturated rings. The molecule has 1 aliphatic rings. The summed E-state index contributed by atoms with van der Waals surface area (Å²) in [6, 6.07) is 12.3. The minimum absolute atomic E-state index is 0.0657. The van der Waals surface area contributed by atoms with Gasteiger partial charge in [-0.3, -0.25) is 0 Å². The molecule has 0 unspecified atom stereocenters. The number of benzene rings is 1. The second-order valence-electron chi connectivity index (χ2n) is 7.86. The van der Waals surface area contributed by atoms with Crippen LogP contribution < -0.4 is 15.8 Å². The Labute approximate surface area is 187 Å². The summed E-state index contributed by atoms with van der Waals surface area (Å²) in [5.41, 5.74) is 1.53. The molecule has 0 spiro atoms. The third-order valence-corrected chi connectivity index (χ3v) is 7.50. The first-order valence-corrected chi connectivity index (χ1v) is 12.9. The molecular weight excluding hydrogens is 430 g/mol. The second kappa shape index (κ2) is 9.86. The van der Waals surface area contributed by atoms with Gasteiger partial charge in [-0.05, 0) is 67.8 Å². The number of nitrogens with one attached hydrogen (secondary N) is 2. The van der Waals surface area contributed by atoms with Gasteiger partial charge in [-0.25, -0.2) is 23.5 Å². The molecule has 0 radical (unpaired) electrons. The summed E-state index contributed by atoms with van der Waals surface area (Å²) in [7, 11) is -3.71. The fraction of sp³-hybridized carbons (Fsp3) is 0.364. The Morgan fingerprint density at radius 2 is 1.81 bits per heavy atom. The lowest BCUT2D eigenvalue weighted by Gasteiger charge is -2.21. The first kappa shape index (κ1) is 21.9. The van der Waals surface area contributed by atoms with Crippen LogP contribution in [-0.4, -0.2) is 24.9 Å². The van der Waals surface area contributed by atoms with Gasteiger partial charge in [0.2, 0.25) is 16.0 Å². The predicted molar refractivity (Wildman–Crippen MR) is 125 cm³/mol. The number of hydrogen-bond donors (Lipinski definition) is 3. The summed E-state index contributed by atoms with van der Waals surface area (Å²) in [5.74, 6) is 1.27. The van der Waals surface area contributed by atoms with Crippen molar-refractivity contribution < 1.29 is 8.42 Å². The van der Waals surface area contributed by atoms with Crippen LogP contribution in [-0.2, 0) is 16.6 Å². The van der Waals surface area contributed by atoms with Crippen molar-refractivity contribution in [1.82, 2.24) is 15.3 Å². The van der Waals surface area contributed by atoms with Crippen molar-refractivity contribution in [2.45, 2.75) is 43.5 Å². The predicted octanol–water partition coefficient (Wildman–Crippen LogP) is 4.27. The van der Waals surface area contributed by atoms with E-state index in [0.717, 1.165) is 29.6 Å². The number of thiophene rings is 1. The van der Waals surface area contributed by atoms with E-state index in [9.17, 15) is 8.42 Å². The Morgan fingerprint density at radius 1 is 1.03 bits per heavy atom. The molecule has 0 amide bonds. The van der Waals surface area contributed by atoms with E-state index < -0.39 is 10.0 Å². The van der Waals surface area contributed by atoms with Gasteiger partial charge >= 0.3 is 0 Å². The molecule has 4 rings (SSSR count). The van der Waals surface area contributed by atoms with Gasteiger partial charge in [0, 0.05) is 23.3 Å². The van der Waals surface area contributed by atoms with E-state index in [-0.39, 0.29) is 4.90 Å². The SMILES string of the molecule is NS(=O)(=O)c1ccc(Nc2nccc(-c3ccc(CNCC4CCCCC4)s3)n2)cc1. The molecule has 9 heteroatoms. The van der Waals surface area contributed by atoms with Gasteiger partial charge in [0.1, 0.15) is 0 Å². The Balaban J connectivity index is 1.37. The Hall–Kier alpha value is -2.33. The molecule has 31 heavy (non-hydrogen) atoms. The summed E-state index contributed by atoms with van der Waals surface area (Å²) < 4.78 is 22.8. The quantitative estimate of drug-likeness (QED) is 0.466. The number of primary sulfonamides is 1. The average Bonchev–Trinajstić information content (AvgIpc) is 3.24. The molecule has 3 aromatic rings. The van der Waals surface area contributed by atoms with Crippen LogP contribution in [0.5, 0.6) is 0 Å². The minimum Gasteiger partial charge on any atom is -0.324 e. The van der Waals surface area contributed by atoms with Gasteiger partial charge in [-0.2, -0.15) is 0 Å². The highest BCUT2D eigenvalue weighted by molar-refractivity contribution is 7.89. The number of aromatic nitrogens is 2. The van der Waals surface area contributed by atoms with Gasteiger partial charge < -0.3 is 10.6 Å². The molecule has 1 saturated carbocycles. The molecule has 7 nitrogen and oxygen atoms in total. The maximum Gasteiger partial charge on any atom is 0.238 e. The molecule has 0 atom stereocenters. The number of sulfonamides is 1. The first-order chi connectivity index (χ1) is 15.0. The van der Waals surface area contributed by atoms with E-state index in [1.54, 1.807) is 29.7 Å². The first-order valence-electron chi connectivity index (χ1n) is 10.5. The number of nitrogens with two attached hydrogens (primary N) is 1. The molecule has 4 N–H and O–H groups in total. The average molecular weight is 458 g/mol. The number of anilines is 2. The molecule has 0 aliphatic heterocycles. The van der Waals surface area contributed by atoms with Gasteiger partial charge in [0.05, 0.1) is 15.5 Å². The highest BCUT2D eigenvalue weighted by Gasteiger charge is 2.13. The Morgan fingerprint density at radius 3 is 2.55 bits per heavy atom. The third kappa shape index (κ3) is 6.10. The zero-order chi connectivity index (χ0) is 21.7. The molecule has 1 aromatic carbocycles. The minimum atomic E-state index is -3.71. The molecule has 164 valence electrons. The van der Waals surface area contributed by atoms with Crippen LogP contribution in [0.25, 0.3) is 10.6 Å². The van der Waals surface area contributed by atoms with Gasteiger partial charge in [0.15, 0.2) is 0 Å². The number of rotatable bonds is 8. The van der Waals surface area contributed by atoms with Crippen molar-refractivity contribution in [2.75, 3.05) is 11.9 Å². The summed E-state index contributed by atoms with van der Waals surface area (Å²) in [5, 5.41) is 11.9. The molecule has 2 aromatic heterocycles. The normalized spacial score (nSPS) is 15.1. The van der Waals surface area contributed by atoms with E-state index in [1.807, 2.05) is 6.07 Å². The number of hydrogen-bond acceptors (Lipinski definition) is 7. The van der Waals surface area contributed by atoms with Gasteiger partial charge in [-0.15, -0.1) is 11.3 Å². The van der Waals surface area contributed by atoms with E-state index >= 15 is 0 Å². The highest BCUT2D eigenvalue weighted by Crippen LogP contribution is 2.28. The van der Waals surface area contributed by atoms with E-state index in [1.165, 1.54) is 49.1 Å². The van der Waals surface area contributed by atoms with Crippen LogP contribution in [0.15, 0.2) is 53.6 Å². The van der Waals surface area contributed by atoms with E-state index in [4.69, 9.17) is 5.14 Å². The van der Waals surface area contributed by atoms with Crippen LogP contribution in [0, 0.1) is 5.92 Å². The number of nitrogens with zero attached hydrogens (tertiary/aromatic N) is 2. The largest absolute Gasteiger partial charge is 0.324 e. The fourth-order valence-electron chi connectivity index (χ4n) is 3.81. The van der Waals surface area contributed by atoms with Crippen molar-refractivity contribution >= 4 is 33.0 Å². The second-order valence-corrected chi connectivity index (χ2v) is 10.6. The zero-order valence-electron chi connectivity index (χ0n) is 17.3. The van der Waals surface area contributed by atoms with Crippen LogP contribution in [0.3, 0.4) is 0 Å². The van der Waals surface area contributed by atoms with Crippen molar-refractivity contribution in [2.24, 2.45) is 11.1 Å². The van der Waals surface area contributed by atoms with Crippen molar-refractivity contribution in [1.29, 1.82) is 0 Å². The summed E-state index contributed by atoms with van der Waals surface area (Å²) in [6.07, 6.45) is 8.55. The summed E-state index contributed by atoms with van der Waals surface area (Å²) in [6.45, 7) is 1.98.